The first-order valence-electron chi connectivity index (χ1n) is 7.20. The molecule has 1 saturated heterocycles. The van der Waals surface area contributed by atoms with Gasteiger partial charge in [-0.1, -0.05) is 0 Å². The van der Waals surface area contributed by atoms with Crippen molar-refractivity contribution < 1.29 is 19.4 Å². The van der Waals surface area contributed by atoms with Crippen LogP contribution < -0.4 is 14.8 Å². The molecule has 1 heterocycles. The van der Waals surface area contributed by atoms with Crippen molar-refractivity contribution in [2.75, 3.05) is 39.4 Å². The molecule has 116 valence electrons. The van der Waals surface area contributed by atoms with Crippen molar-refractivity contribution >= 4 is 5.91 Å². The molecule has 0 aromatic heterocycles. The highest BCUT2D eigenvalue weighted by Gasteiger charge is 2.19. The van der Waals surface area contributed by atoms with Crippen LogP contribution in [0.5, 0.6) is 11.5 Å². The van der Waals surface area contributed by atoms with E-state index in [1.807, 2.05) is 36.1 Å². The molecule has 1 atom stereocenters. The van der Waals surface area contributed by atoms with Gasteiger partial charge in [-0.3, -0.25) is 9.69 Å². The van der Waals surface area contributed by atoms with Gasteiger partial charge < -0.3 is 19.9 Å². The predicted molar refractivity (Wildman–Crippen MR) is 78.6 cm³/mol. The van der Waals surface area contributed by atoms with Crippen LogP contribution in [0.4, 0.5) is 0 Å². The summed E-state index contributed by atoms with van der Waals surface area (Å²) in [5.41, 5.74) is 0. The largest absolute Gasteiger partial charge is 0.494 e. The van der Waals surface area contributed by atoms with Crippen molar-refractivity contribution in [3.63, 3.8) is 0 Å². The molecule has 0 unspecified atom stereocenters. The van der Waals surface area contributed by atoms with Gasteiger partial charge in [-0.25, -0.2) is 0 Å². The molecule has 0 spiro atoms. The summed E-state index contributed by atoms with van der Waals surface area (Å²) in [6.07, 6.45) is -0.623. The van der Waals surface area contributed by atoms with Crippen LogP contribution in [0.15, 0.2) is 24.3 Å². The van der Waals surface area contributed by atoms with E-state index in [-0.39, 0.29) is 12.5 Å². The van der Waals surface area contributed by atoms with Crippen LogP contribution in [0.25, 0.3) is 0 Å². The third-order valence-corrected chi connectivity index (χ3v) is 3.16. The van der Waals surface area contributed by atoms with Gasteiger partial charge in [0.15, 0.2) is 0 Å². The molecule has 1 aromatic carbocycles. The zero-order valence-electron chi connectivity index (χ0n) is 12.2. The van der Waals surface area contributed by atoms with Crippen LogP contribution in [-0.2, 0) is 4.79 Å². The predicted octanol–water partition coefficient (Wildman–Crippen LogP) is 0.257. The average Bonchev–Trinajstić information content (AvgIpc) is 2.47. The quantitative estimate of drug-likeness (QED) is 0.755. The molecule has 21 heavy (non-hydrogen) atoms. The maximum absolute atomic E-state index is 11.2. The highest BCUT2D eigenvalue weighted by atomic mass is 16.5. The van der Waals surface area contributed by atoms with Gasteiger partial charge in [0.1, 0.15) is 24.2 Å². The second-order valence-electron chi connectivity index (χ2n) is 4.95. The lowest BCUT2D eigenvalue weighted by Gasteiger charge is -2.28. The number of ether oxygens (including phenoxy) is 2. The molecule has 1 aromatic rings. The standard InChI is InChI=1S/C15H22N2O4/c1-2-20-13-3-5-14(6-4-13)21-11-12(18)9-17-8-7-16-15(19)10-17/h3-6,12,18H,2,7-11H2,1H3,(H,16,19)/t12-/m1/s1. The number of hydrogen-bond acceptors (Lipinski definition) is 5. The van der Waals surface area contributed by atoms with E-state index in [1.54, 1.807) is 0 Å². The van der Waals surface area contributed by atoms with Crippen molar-refractivity contribution in [2.45, 2.75) is 13.0 Å². The summed E-state index contributed by atoms with van der Waals surface area (Å²) in [7, 11) is 0. The molecule has 6 heteroatoms. The van der Waals surface area contributed by atoms with Crippen LogP contribution in [0.3, 0.4) is 0 Å². The Morgan fingerprint density at radius 3 is 2.57 bits per heavy atom. The van der Waals surface area contributed by atoms with E-state index in [2.05, 4.69) is 5.32 Å². The lowest BCUT2D eigenvalue weighted by atomic mass is 10.3. The second kappa shape index (κ2) is 7.85. The van der Waals surface area contributed by atoms with Gasteiger partial charge in [0.05, 0.1) is 13.2 Å². The van der Waals surface area contributed by atoms with E-state index in [0.29, 0.717) is 32.0 Å². The number of hydrogen-bond donors (Lipinski definition) is 2. The summed E-state index contributed by atoms with van der Waals surface area (Å²) < 4.78 is 10.9. The molecule has 1 fully saturated rings. The third-order valence-electron chi connectivity index (χ3n) is 3.16. The van der Waals surface area contributed by atoms with Crippen molar-refractivity contribution in [1.29, 1.82) is 0 Å². The number of β-amino-alcohol motifs (C(OH)–C–C–N with tert-alkyl or cyclic N) is 1. The Hall–Kier alpha value is -1.79. The molecule has 2 N–H and O–H groups in total. The third kappa shape index (κ3) is 5.24. The fourth-order valence-electron chi connectivity index (χ4n) is 2.19. The van der Waals surface area contributed by atoms with Gasteiger partial charge in [0, 0.05) is 19.6 Å². The topological polar surface area (TPSA) is 71.0 Å². The fourth-order valence-corrected chi connectivity index (χ4v) is 2.19. The second-order valence-corrected chi connectivity index (χ2v) is 4.95. The molecule has 1 amide bonds. The van der Waals surface area contributed by atoms with Gasteiger partial charge >= 0.3 is 0 Å². The molecule has 0 saturated carbocycles. The zero-order chi connectivity index (χ0) is 15.1. The van der Waals surface area contributed by atoms with Crippen molar-refractivity contribution in [2.24, 2.45) is 0 Å². The molecule has 0 radical (unpaired) electrons. The summed E-state index contributed by atoms with van der Waals surface area (Å²) in [6.45, 7) is 4.91. The highest BCUT2D eigenvalue weighted by Crippen LogP contribution is 2.17. The van der Waals surface area contributed by atoms with Crippen LogP contribution in [0.1, 0.15) is 6.92 Å². The van der Waals surface area contributed by atoms with Crippen molar-refractivity contribution in [3.05, 3.63) is 24.3 Å². The van der Waals surface area contributed by atoms with E-state index in [9.17, 15) is 9.90 Å². The van der Waals surface area contributed by atoms with Crippen LogP contribution in [-0.4, -0.2) is 61.4 Å². The first-order chi connectivity index (χ1) is 10.2. The number of aliphatic hydroxyl groups is 1. The summed E-state index contributed by atoms with van der Waals surface area (Å²) in [5.74, 6) is 1.49. The van der Waals surface area contributed by atoms with E-state index >= 15 is 0 Å². The molecule has 2 rings (SSSR count). The average molecular weight is 294 g/mol. The smallest absolute Gasteiger partial charge is 0.234 e. The SMILES string of the molecule is CCOc1ccc(OC[C@H](O)CN2CCNC(=O)C2)cc1. The number of amides is 1. The van der Waals surface area contributed by atoms with Gasteiger partial charge in [-0.05, 0) is 31.2 Å². The van der Waals surface area contributed by atoms with Gasteiger partial charge in [-0.15, -0.1) is 0 Å². The Labute approximate surface area is 124 Å². The Morgan fingerprint density at radius 1 is 1.29 bits per heavy atom. The monoisotopic (exact) mass is 294 g/mol. The molecule has 6 nitrogen and oxygen atoms in total. The number of piperazine rings is 1. The number of benzene rings is 1. The molecule has 1 aliphatic heterocycles. The first-order valence-corrected chi connectivity index (χ1v) is 7.20. The fraction of sp³-hybridized carbons (Fsp3) is 0.533. The van der Waals surface area contributed by atoms with Crippen molar-refractivity contribution in [3.8, 4) is 11.5 Å². The van der Waals surface area contributed by atoms with Gasteiger partial charge in [-0.2, -0.15) is 0 Å². The summed E-state index contributed by atoms with van der Waals surface area (Å²) >= 11 is 0. The van der Waals surface area contributed by atoms with Crippen LogP contribution in [0.2, 0.25) is 0 Å². The van der Waals surface area contributed by atoms with E-state index in [0.717, 1.165) is 12.3 Å². The normalized spacial score (nSPS) is 17.1. The highest BCUT2D eigenvalue weighted by molar-refractivity contribution is 5.78. The maximum Gasteiger partial charge on any atom is 0.234 e. The molecule has 1 aliphatic rings. The molecular formula is C15H22N2O4. The van der Waals surface area contributed by atoms with E-state index in [4.69, 9.17) is 9.47 Å². The minimum atomic E-state index is -0.623. The zero-order valence-corrected chi connectivity index (χ0v) is 12.2. The van der Waals surface area contributed by atoms with E-state index < -0.39 is 6.10 Å². The Kier molecular flexibility index (Phi) is 5.83. The minimum absolute atomic E-state index is 0.000816. The summed E-state index contributed by atoms with van der Waals surface area (Å²) in [6, 6.07) is 7.29. The number of aliphatic hydroxyl groups excluding tert-OH is 1. The summed E-state index contributed by atoms with van der Waals surface area (Å²) in [4.78, 5) is 13.2. The van der Waals surface area contributed by atoms with Crippen LogP contribution >= 0.6 is 0 Å². The minimum Gasteiger partial charge on any atom is -0.494 e. The number of carbonyl (C=O) groups excluding carboxylic acids is 1. The first kappa shape index (κ1) is 15.6. The number of carbonyl (C=O) groups is 1. The maximum atomic E-state index is 11.2. The molecular weight excluding hydrogens is 272 g/mol. The Morgan fingerprint density at radius 2 is 1.95 bits per heavy atom. The van der Waals surface area contributed by atoms with Gasteiger partial charge in [0.2, 0.25) is 5.91 Å². The number of nitrogens with zero attached hydrogens (tertiary/aromatic N) is 1. The van der Waals surface area contributed by atoms with E-state index in [1.165, 1.54) is 0 Å². The Bertz CT molecular complexity index is 449. The number of nitrogens with one attached hydrogen (secondary N) is 1. The van der Waals surface area contributed by atoms with Crippen molar-refractivity contribution in [1.82, 2.24) is 10.2 Å². The molecule has 0 aliphatic carbocycles. The number of rotatable bonds is 7. The lowest BCUT2D eigenvalue weighted by Crippen LogP contribution is -2.50. The molecule has 0 bridgehead atoms. The summed E-state index contributed by atoms with van der Waals surface area (Å²) in [5, 5.41) is 12.7. The van der Waals surface area contributed by atoms with Gasteiger partial charge in [0.25, 0.3) is 0 Å². The Balaban J connectivity index is 1.72. The van der Waals surface area contributed by atoms with Crippen LogP contribution in [0, 0.1) is 0 Å². The lowest BCUT2D eigenvalue weighted by molar-refractivity contribution is -0.124.